The fraction of sp³-hybridized carbons (Fsp3) is 0.261. The van der Waals surface area contributed by atoms with Crippen LogP contribution in [-0.2, 0) is 10.5 Å². The highest BCUT2D eigenvalue weighted by atomic mass is 35.5. The normalized spacial score (nSPS) is 17.7. The molecule has 0 bridgehead atoms. The average molecular weight is 453 g/mol. The molecular formula is C23H21ClN4O2S. The summed E-state index contributed by atoms with van der Waals surface area (Å²) in [6.45, 7) is 0. The molecule has 158 valence electrons. The zero-order valence-corrected chi connectivity index (χ0v) is 18.5. The molecule has 1 aliphatic heterocycles. The molecule has 0 saturated carbocycles. The minimum absolute atomic E-state index is 0.168. The highest BCUT2D eigenvalue weighted by molar-refractivity contribution is 7.98. The monoisotopic (exact) mass is 452 g/mol. The summed E-state index contributed by atoms with van der Waals surface area (Å²) >= 11 is 7.82. The molecule has 31 heavy (non-hydrogen) atoms. The fourth-order valence-electron chi connectivity index (χ4n) is 4.05. The molecule has 1 atom stereocenters. The van der Waals surface area contributed by atoms with Gasteiger partial charge in [0.1, 0.15) is 11.8 Å². The van der Waals surface area contributed by atoms with Crippen molar-refractivity contribution in [3.8, 4) is 5.75 Å². The molecule has 0 radical (unpaired) electrons. The second-order valence-electron chi connectivity index (χ2n) is 7.51. The summed E-state index contributed by atoms with van der Waals surface area (Å²) in [7, 11) is 1.64. The Morgan fingerprint density at radius 1 is 1.19 bits per heavy atom. The Labute approximate surface area is 189 Å². The van der Waals surface area contributed by atoms with Crippen molar-refractivity contribution in [1.29, 1.82) is 0 Å². The number of aromatic nitrogens is 3. The van der Waals surface area contributed by atoms with Crippen molar-refractivity contribution in [2.75, 3.05) is 12.4 Å². The highest BCUT2D eigenvalue weighted by Crippen LogP contribution is 2.41. The number of halogens is 1. The van der Waals surface area contributed by atoms with Crippen LogP contribution in [-0.4, -0.2) is 27.7 Å². The maximum absolute atomic E-state index is 12.9. The van der Waals surface area contributed by atoms with E-state index in [1.54, 1.807) is 7.11 Å². The van der Waals surface area contributed by atoms with Crippen LogP contribution >= 0.6 is 23.4 Å². The quantitative estimate of drug-likeness (QED) is 0.533. The van der Waals surface area contributed by atoms with Crippen LogP contribution in [0.4, 0.5) is 5.95 Å². The lowest BCUT2D eigenvalue weighted by Crippen LogP contribution is -2.31. The predicted octanol–water partition coefficient (Wildman–Crippen LogP) is 5.25. The number of thioether (sulfide) groups is 1. The largest absolute Gasteiger partial charge is 0.497 e. The Hall–Kier alpha value is -2.77. The first-order valence-electron chi connectivity index (χ1n) is 10.1. The summed E-state index contributed by atoms with van der Waals surface area (Å²) in [5, 5.41) is 9.51. The molecule has 5 rings (SSSR count). The van der Waals surface area contributed by atoms with Crippen molar-refractivity contribution in [1.82, 2.24) is 14.8 Å². The zero-order valence-electron chi connectivity index (χ0n) is 17.0. The van der Waals surface area contributed by atoms with E-state index >= 15 is 0 Å². The number of hydrogen-bond acceptors (Lipinski definition) is 6. The van der Waals surface area contributed by atoms with E-state index < -0.39 is 0 Å². The van der Waals surface area contributed by atoms with Crippen molar-refractivity contribution >= 4 is 35.1 Å². The lowest BCUT2D eigenvalue weighted by atomic mass is 9.85. The number of rotatable bonds is 5. The van der Waals surface area contributed by atoms with Crippen molar-refractivity contribution in [2.45, 2.75) is 36.2 Å². The molecule has 1 N–H and O–H groups in total. The van der Waals surface area contributed by atoms with Crippen LogP contribution in [0, 0.1) is 0 Å². The number of carbonyl (C=O) groups is 1. The second kappa shape index (κ2) is 8.40. The number of anilines is 1. The first-order valence-corrected chi connectivity index (χ1v) is 11.5. The zero-order chi connectivity index (χ0) is 21.4. The summed E-state index contributed by atoms with van der Waals surface area (Å²) < 4.78 is 7.13. The van der Waals surface area contributed by atoms with Gasteiger partial charge in [0.05, 0.1) is 7.11 Å². The molecule has 0 amide bonds. The molecule has 2 aromatic carbocycles. The Balaban J connectivity index is 1.50. The first-order chi connectivity index (χ1) is 15.1. The Morgan fingerprint density at radius 2 is 2.00 bits per heavy atom. The van der Waals surface area contributed by atoms with E-state index in [4.69, 9.17) is 26.4 Å². The third-order valence-electron chi connectivity index (χ3n) is 5.59. The molecule has 0 saturated heterocycles. The minimum Gasteiger partial charge on any atom is -0.497 e. The van der Waals surface area contributed by atoms with E-state index in [0.717, 1.165) is 46.0 Å². The van der Waals surface area contributed by atoms with Gasteiger partial charge in [0, 0.05) is 28.5 Å². The molecule has 1 aromatic heterocycles. The van der Waals surface area contributed by atoms with E-state index in [2.05, 4.69) is 5.32 Å². The number of nitrogens with one attached hydrogen (secondary N) is 1. The maximum atomic E-state index is 12.9. The minimum atomic E-state index is -0.299. The molecule has 2 heterocycles. The van der Waals surface area contributed by atoms with Gasteiger partial charge in [0.15, 0.2) is 5.78 Å². The number of benzene rings is 2. The molecule has 8 heteroatoms. The fourth-order valence-corrected chi connectivity index (χ4v) is 5.16. The standard InChI is InChI=1S/C23H21ClN4O2S/c1-30-16-11-9-14(10-12-16)21-20-18(7-4-8-19(20)29)25-22-26-23(27-28(21)22)31-13-15-5-2-3-6-17(15)24/h2-3,5-6,9-12,21H,4,7-8,13H2,1H3,(H,25,26,27). The number of hydrogen-bond donors (Lipinski definition) is 1. The number of methoxy groups -OCH3 is 1. The van der Waals surface area contributed by atoms with Gasteiger partial charge in [-0.05, 0) is 42.2 Å². The van der Waals surface area contributed by atoms with Gasteiger partial charge in [-0.1, -0.05) is 53.7 Å². The Morgan fingerprint density at radius 3 is 2.77 bits per heavy atom. The molecule has 1 unspecified atom stereocenters. The lowest BCUT2D eigenvalue weighted by Gasteiger charge is -2.32. The summed E-state index contributed by atoms with van der Waals surface area (Å²) in [6.07, 6.45) is 2.25. The number of Topliss-reactive ketones (excluding diaryl/α,β-unsaturated/α-hetero) is 1. The third-order valence-corrected chi connectivity index (χ3v) is 6.85. The van der Waals surface area contributed by atoms with Gasteiger partial charge in [-0.2, -0.15) is 4.98 Å². The number of carbonyl (C=O) groups excluding carboxylic acids is 1. The van der Waals surface area contributed by atoms with E-state index in [0.29, 0.717) is 23.3 Å². The van der Waals surface area contributed by atoms with Crippen LogP contribution in [0.3, 0.4) is 0 Å². The summed E-state index contributed by atoms with van der Waals surface area (Å²) in [5.74, 6) is 2.27. The average Bonchev–Trinajstić information content (AvgIpc) is 3.20. The van der Waals surface area contributed by atoms with Crippen LogP contribution in [0.1, 0.15) is 36.4 Å². The van der Waals surface area contributed by atoms with Gasteiger partial charge in [0.25, 0.3) is 0 Å². The Kier molecular flexibility index (Phi) is 5.46. The van der Waals surface area contributed by atoms with E-state index in [1.807, 2.05) is 53.2 Å². The van der Waals surface area contributed by atoms with Crippen LogP contribution in [0.5, 0.6) is 5.75 Å². The van der Waals surface area contributed by atoms with Crippen LogP contribution in [0.25, 0.3) is 0 Å². The van der Waals surface area contributed by atoms with Crippen molar-refractivity contribution in [3.05, 3.63) is 76.0 Å². The van der Waals surface area contributed by atoms with E-state index in [-0.39, 0.29) is 11.8 Å². The highest BCUT2D eigenvalue weighted by Gasteiger charge is 2.36. The van der Waals surface area contributed by atoms with Gasteiger partial charge in [-0.3, -0.25) is 4.79 Å². The van der Waals surface area contributed by atoms with Gasteiger partial charge >= 0.3 is 0 Å². The van der Waals surface area contributed by atoms with Gasteiger partial charge in [-0.15, -0.1) is 5.10 Å². The van der Waals surface area contributed by atoms with Crippen LogP contribution in [0.2, 0.25) is 5.02 Å². The van der Waals surface area contributed by atoms with Gasteiger partial charge in [-0.25, -0.2) is 4.68 Å². The molecule has 1 aliphatic carbocycles. The van der Waals surface area contributed by atoms with E-state index in [1.165, 1.54) is 11.8 Å². The number of ether oxygens (including phenoxy) is 1. The van der Waals surface area contributed by atoms with Crippen molar-refractivity contribution in [2.24, 2.45) is 0 Å². The number of fused-ring (bicyclic) bond motifs is 1. The SMILES string of the molecule is COc1ccc(C2C3=C(CCCC3=O)Nc3nc(SCc4ccccc4Cl)nn32)cc1. The second-order valence-corrected chi connectivity index (χ2v) is 8.86. The number of allylic oxidation sites excluding steroid dienone is 2. The molecule has 3 aromatic rings. The summed E-state index contributed by atoms with van der Waals surface area (Å²) in [6, 6.07) is 15.3. The first kappa shape index (κ1) is 20.2. The molecule has 0 spiro atoms. The number of ketones is 1. The maximum Gasteiger partial charge on any atom is 0.227 e. The topological polar surface area (TPSA) is 69.0 Å². The summed E-state index contributed by atoms with van der Waals surface area (Å²) in [5.41, 5.74) is 3.77. The van der Waals surface area contributed by atoms with Gasteiger partial charge in [0.2, 0.25) is 11.1 Å². The van der Waals surface area contributed by atoms with E-state index in [9.17, 15) is 4.79 Å². The molecular weight excluding hydrogens is 432 g/mol. The van der Waals surface area contributed by atoms with Crippen molar-refractivity contribution in [3.63, 3.8) is 0 Å². The Bertz CT molecular complexity index is 1170. The van der Waals surface area contributed by atoms with Crippen molar-refractivity contribution < 1.29 is 9.53 Å². The third kappa shape index (κ3) is 3.83. The molecule has 2 aliphatic rings. The molecule has 6 nitrogen and oxygen atoms in total. The van der Waals surface area contributed by atoms with Crippen LogP contribution in [0.15, 0.2) is 65.0 Å². The van der Waals surface area contributed by atoms with Gasteiger partial charge < -0.3 is 10.1 Å². The number of nitrogens with zero attached hydrogens (tertiary/aromatic N) is 3. The smallest absolute Gasteiger partial charge is 0.227 e. The van der Waals surface area contributed by atoms with Crippen LogP contribution < -0.4 is 10.1 Å². The lowest BCUT2D eigenvalue weighted by molar-refractivity contribution is -0.116. The summed E-state index contributed by atoms with van der Waals surface area (Å²) in [4.78, 5) is 17.6. The predicted molar refractivity (Wildman–Crippen MR) is 122 cm³/mol. The molecule has 0 fully saturated rings.